The number of hydrogen-bond donors (Lipinski definition) is 2. The van der Waals surface area contributed by atoms with Crippen LogP contribution in [0.2, 0.25) is 5.02 Å². The van der Waals surface area contributed by atoms with Gasteiger partial charge in [0.1, 0.15) is 0 Å². The van der Waals surface area contributed by atoms with Crippen LogP contribution in [0.4, 0.5) is 0 Å². The van der Waals surface area contributed by atoms with E-state index in [1.54, 1.807) is 0 Å². The molecule has 1 fully saturated rings. The Balaban J connectivity index is 0.00000121. The summed E-state index contributed by atoms with van der Waals surface area (Å²) in [6.45, 7) is 1.90. The second-order valence-corrected chi connectivity index (χ2v) is 5.87. The number of fused-ring (bicyclic) bond motifs is 1. The van der Waals surface area contributed by atoms with Gasteiger partial charge in [0.05, 0.1) is 28.5 Å². The number of aliphatic hydroxyl groups is 1. The van der Waals surface area contributed by atoms with Crippen LogP contribution in [0, 0.1) is 0 Å². The highest BCUT2D eigenvalue weighted by atomic mass is 35.5. The van der Waals surface area contributed by atoms with Crippen molar-refractivity contribution in [1.29, 1.82) is 0 Å². The second kappa shape index (κ2) is 8.94. The fraction of sp³-hybridized carbons (Fsp3) is 0.533. The van der Waals surface area contributed by atoms with E-state index in [4.69, 9.17) is 11.6 Å². The van der Waals surface area contributed by atoms with Crippen LogP contribution in [0.5, 0.6) is 0 Å². The third kappa shape index (κ3) is 4.27. The summed E-state index contributed by atoms with van der Waals surface area (Å²) in [6.07, 6.45) is 5.61. The first-order chi connectivity index (χ1) is 9.75. The molecule has 1 aromatic heterocycles. The summed E-state index contributed by atoms with van der Waals surface area (Å²) in [7, 11) is 0. The Hall–Kier alpha value is -0.520. The molecule has 2 atom stereocenters. The number of hydrogen-bond acceptors (Lipinski definition) is 3. The van der Waals surface area contributed by atoms with E-state index in [2.05, 4.69) is 14.9 Å². The van der Waals surface area contributed by atoms with E-state index in [9.17, 15) is 5.11 Å². The molecule has 0 unspecified atom stereocenters. The lowest BCUT2D eigenvalue weighted by Gasteiger charge is -2.29. The molecule has 1 aromatic carbocycles. The number of piperidine rings is 1. The van der Waals surface area contributed by atoms with Crippen molar-refractivity contribution in [3.8, 4) is 0 Å². The van der Waals surface area contributed by atoms with Crippen LogP contribution in [0.1, 0.15) is 25.7 Å². The van der Waals surface area contributed by atoms with Gasteiger partial charge in [0.15, 0.2) is 0 Å². The van der Waals surface area contributed by atoms with Gasteiger partial charge in [-0.2, -0.15) is 0 Å². The second-order valence-electron chi connectivity index (χ2n) is 5.46. The molecule has 3 rings (SSSR count). The number of nitrogens with one attached hydrogen (secondary N) is 1. The molecule has 0 saturated carbocycles. The van der Waals surface area contributed by atoms with Crippen molar-refractivity contribution in [2.45, 2.75) is 44.4 Å². The van der Waals surface area contributed by atoms with Crippen molar-refractivity contribution in [2.75, 3.05) is 6.54 Å². The van der Waals surface area contributed by atoms with E-state index >= 15 is 0 Å². The van der Waals surface area contributed by atoms with Gasteiger partial charge in [0, 0.05) is 12.6 Å². The molecular formula is C15H22Cl3N3O. The molecule has 0 amide bonds. The maximum Gasteiger partial charge on any atom is 0.0958 e. The van der Waals surface area contributed by atoms with Gasteiger partial charge in [0.2, 0.25) is 0 Å². The highest BCUT2D eigenvalue weighted by Gasteiger charge is 2.21. The topological polar surface area (TPSA) is 50.1 Å². The average Bonchev–Trinajstić information content (AvgIpc) is 2.86. The van der Waals surface area contributed by atoms with Crippen molar-refractivity contribution < 1.29 is 5.11 Å². The predicted octanol–water partition coefficient (Wildman–Crippen LogP) is 3.43. The number of aryl methyl sites for hydroxylation is 1. The van der Waals surface area contributed by atoms with Crippen molar-refractivity contribution in [1.82, 2.24) is 14.9 Å². The monoisotopic (exact) mass is 365 g/mol. The predicted molar refractivity (Wildman–Crippen MR) is 95.5 cm³/mol. The average molecular weight is 367 g/mol. The van der Waals surface area contributed by atoms with E-state index in [-0.39, 0.29) is 37.0 Å². The zero-order chi connectivity index (χ0) is 13.9. The smallest absolute Gasteiger partial charge is 0.0958 e. The fourth-order valence-electron chi connectivity index (χ4n) is 2.96. The zero-order valence-electron chi connectivity index (χ0n) is 12.2. The minimum atomic E-state index is -0.202. The van der Waals surface area contributed by atoms with E-state index in [1.165, 1.54) is 0 Å². The summed E-state index contributed by atoms with van der Waals surface area (Å²) in [5.41, 5.74) is 1.94. The molecule has 0 bridgehead atoms. The van der Waals surface area contributed by atoms with Gasteiger partial charge in [-0.25, -0.2) is 4.98 Å². The van der Waals surface area contributed by atoms with E-state index < -0.39 is 0 Å². The zero-order valence-corrected chi connectivity index (χ0v) is 14.6. The number of rotatable bonds is 4. The molecule has 2 aromatic rings. The summed E-state index contributed by atoms with van der Waals surface area (Å²) in [4.78, 5) is 4.37. The summed E-state index contributed by atoms with van der Waals surface area (Å²) >= 11 is 6.24. The van der Waals surface area contributed by atoms with Crippen LogP contribution >= 0.6 is 36.4 Å². The van der Waals surface area contributed by atoms with E-state index in [1.807, 2.05) is 24.5 Å². The Bertz CT molecular complexity index is 590. The Kier molecular flexibility index (Phi) is 7.94. The van der Waals surface area contributed by atoms with Gasteiger partial charge >= 0.3 is 0 Å². The normalized spacial score (nSPS) is 21.2. The van der Waals surface area contributed by atoms with Crippen LogP contribution < -0.4 is 5.32 Å². The molecule has 1 aliphatic rings. The molecular weight excluding hydrogens is 345 g/mol. The third-order valence-corrected chi connectivity index (χ3v) is 4.36. The lowest BCUT2D eigenvalue weighted by molar-refractivity contribution is 0.0909. The first-order valence-corrected chi connectivity index (χ1v) is 7.64. The maximum atomic E-state index is 9.94. The number of aliphatic hydroxyl groups excluding tert-OH is 1. The quantitative estimate of drug-likeness (QED) is 0.871. The molecule has 124 valence electrons. The van der Waals surface area contributed by atoms with Gasteiger partial charge < -0.3 is 15.0 Å². The Labute approximate surface area is 148 Å². The van der Waals surface area contributed by atoms with E-state index in [0.717, 1.165) is 54.8 Å². The number of halogens is 3. The lowest BCUT2D eigenvalue weighted by atomic mass is 9.97. The minimum absolute atomic E-state index is 0. The van der Waals surface area contributed by atoms with Gasteiger partial charge in [-0.05, 0) is 44.4 Å². The Morgan fingerprint density at radius 2 is 2.18 bits per heavy atom. The third-order valence-electron chi connectivity index (χ3n) is 4.05. The molecule has 2 N–H and O–H groups in total. The van der Waals surface area contributed by atoms with Crippen molar-refractivity contribution in [3.63, 3.8) is 0 Å². The number of para-hydroxylation sites is 1. The molecule has 0 aliphatic carbocycles. The number of aromatic nitrogens is 2. The molecule has 4 nitrogen and oxygen atoms in total. The van der Waals surface area contributed by atoms with Crippen LogP contribution in [-0.4, -0.2) is 33.3 Å². The van der Waals surface area contributed by atoms with Crippen molar-refractivity contribution in [2.24, 2.45) is 0 Å². The molecule has 1 saturated heterocycles. The molecule has 1 aliphatic heterocycles. The molecule has 2 heterocycles. The molecule has 22 heavy (non-hydrogen) atoms. The number of benzene rings is 1. The Morgan fingerprint density at radius 3 is 2.95 bits per heavy atom. The molecule has 0 spiro atoms. The van der Waals surface area contributed by atoms with Crippen LogP contribution in [0.25, 0.3) is 11.0 Å². The molecule has 0 radical (unpaired) electrons. The first kappa shape index (κ1) is 19.5. The summed E-state index contributed by atoms with van der Waals surface area (Å²) in [6, 6.07) is 6.03. The largest absolute Gasteiger partial charge is 0.392 e. The molecule has 7 heteroatoms. The van der Waals surface area contributed by atoms with Crippen molar-refractivity contribution >= 4 is 47.4 Å². The standard InChI is InChI=1S/C15H20ClN3O.2ClH/c16-11-4-1-5-13-15(11)19(10-18-13)9-3-6-12-14(20)7-2-8-17-12;;/h1,4-5,10,12,14,17,20H,2-3,6-9H2;2*1H/t12-,14+;;/m1../s1. The fourth-order valence-corrected chi connectivity index (χ4v) is 3.24. The highest BCUT2D eigenvalue weighted by Crippen LogP contribution is 2.23. The van der Waals surface area contributed by atoms with Crippen molar-refractivity contribution in [3.05, 3.63) is 29.5 Å². The lowest BCUT2D eigenvalue weighted by Crippen LogP contribution is -2.44. The van der Waals surface area contributed by atoms with Crippen LogP contribution in [0.3, 0.4) is 0 Å². The van der Waals surface area contributed by atoms with Gasteiger partial charge in [-0.15, -0.1) is 24.8 Å². The summed E-state index contributed by atoms with van der Waals surface area (Å²) in [5, 5.41) is 14.1. The number of nitrogens with zero attached hydrogens (tertiary/aromatic N) is 2. The SMILES string of the molecule is Cl.Cl.O[C@H]1CCCN[C@@H]1CCCn1cnc2cccc(Cl)c21. The van der Waals surface area contributed by atoms with Gasteiger partial charge in [0.25, 0.3) is 0 Å². The van der Waals surface area contributed by atoms with E-state index in [0.29, 0.717) is 0 Å². The van der Waals surface area contributed by atoms with Crippen LogP contribution in [0.15, 0.2) is 24.5 Å². The summed E-state index contributed by atoms with van der Waals surface area (Å²) in [5.74, 6) is 0. The summed E-state index contributed by atoms with van der Waals surface area (Å²) < 4.78 is 2.10. The minimum Gasteiger partial charge on any atom is -0.392 e. The highest BCUT2D eigenvalue weighted by molar-refractivity contribution is 6.34. The van der Waals surface area contributed by atoms with Gasteiger partial charge in [-0.3, -0.25) is 0 Å². The van der Waals surface area contributed by atoms with Gasteiger partial charge in [-0.1, -0.05) is 17.7 Å². The van der Waals surface area contributed by atoms with Crippen LogP contribution in [-0.2, 0) is 6.54 Å². The first-order valence-electron chi connectivity index (χ1n) is 7.26. The number of imidazole rings is 1. The Morgan fingerprint density at radius 1 is 1.36 bits per heavy atom. The maximum absolute atomic E-state index is 9.94.